The van der Waals surface area contributed by atoms with Crippen molar-refractivity contribution in [2.45, 2.75) is 37.8 Å². The Kier molecular flexibility index (Phi) is 5.91. The topological polar surface area (TPSA) is 44.8 Å². The molecule has 5 nitrogen and oxygen atoms in total. The molecule has 1 aromatic carbocycles. The minimum Gasteiger partial charge on any atom is -0.494 e. The number of likely N-dealkylation sites (tertiary alicyclic amines) is 2. The number of piperidine rings is 2. The zero-order valence-corrected chi connectivity index (χ0v) is 15.1. The number of amides is 1. The first-order chi connectivity index (χ1) is 12.1. The summed E-state index contributed by atoms with van der Waals surface area (Å²) in [5, 5.41) is 3.08. The van der Waals surface area contributed by atoms with Gasteiger partial charge in [0.25, 0.3) is 5.91 Å². The number of hydrogen-bond acceptors (Lipinski definition) is 4. The van der Waals surface area contributed by atoms with Gasteiger partial charge in [-0.05, 0) is 70.6 Å². The number of benzene rings is 1. The van der Waals surface area contributed by atoms with Crippen LogP contribution in [-0.4, -0.2) is 68.1 Å². The van der Waals surface area contributed by atoms with E-state index in [1.807, 2.05) is 0 Å². The molecule has 1 N–H and O–H groups in total. The first-order valence-electron chi connectivity index (χ1n) is 9.14. The molecule has 2 heterocycles. The molecule has 138 valence electrons. The van der Waals surface area contributed by atoms with Crippen LogP contribution in [0.1, 0.15) is 36.0 Å². The Balaban J connectivity index is 1.57. The standard InChI is InChI=1S/C19H28FN3O2/c1-22-10-7-16(8-11-22)23-9-3-4-15(13-23)21-19(24)14-5-6-18(25-2)17(20)12-14/h5-6,12,15-16H,3-4,7-11,13H2,1-2H3,(H,21,24)/t15-/m1/s1. The second-order valence-electron chi connectivity index (χ2n) is 7.19. The maximum atomic E-state index is 13.8. The molecule has 0 bridgehead atoms. The number of rotatable bonds is 4. The summed E-state index contributed by atoms with van der Waals surface area (Å²) >= 11 is 0. The first-order valence-corrected chi connectivity index (χ1v) is 9.14. The lowest BCUT2D eigenvalue weighted by Gasteiger charge is -2.41. The number of nitrogens with one attached hydrogen (secondary N) is 1. The van der Waals surface area contributed by atoms with Crippen molar-refractivity contribution in [3.63, 3.8) is 0 Å². The number of hydrogen-bond donors (Lipinski definition) is 1. The third-order valence-corrected chi connectivity index (χ3v) is 5.41. The molecule has 0 aromatic heterocycles. The number of ether oxygens (including phenoxy) is 1. The molecule has 0 saturated carbocycles. The lowest BCUT2D eigenvalue weighted by Crippen LogP contribution is -2.53. The van der Waals surface area contributed by atoms with Gasteiger partial charge in [-0.25, -0.2) is 4.39 Å². The van der Waals surface area contributed by atoms with Gasteiger partial charge in [-0.15, -0.1) is 0 Å². The van der Waals surface area contributed by atoms with E-state index in [0.717, 1.165) is 39.0 Å². The zero-order valence-electron chi connectivity index (χ0n) is 15.1. The van der Waals surface area contributed by atoms with E-state index in [4.69, 9.17) is 4.74 Å². The predicted octanol–water partition coefficient (Wildman–Crippen LogP) is 2.12. The van der Waals surface area contributed by atoms with Gasteiger partial charge < -0.3 is 15.0 Å². The van der Waals surface area contributed by atoms with Crippen molar-refractivity contribution in [1.29, 1.82) is 0 Å². The van der Waals surface area contributed by atoms with Gasteiger partial charge in [0.2, 0.25) is 0 Å². The van der Waals surface area contributed by atoms with Gasteiger partial charge in [-0.3, -0.25) is 9.69 Å². The Morgan fingerprint density at radius 1 is 1.24 bits per heavy atom. The molecule has 3 rings (SSSR count). The fourth-order valence-electron chi connectivity index (χ4n) is 3.89. The Morgan fingerprint density at radius 3 is 2.68 bits per heavy atom. The van der Waals surface area contributed by atoms with Crippen LogP contribution in [-0.2, 0) is 0 Å². The number of carbonyl (C=O) groups excluding carboxylic acids is 1. The zero-order chi connectivity index (χ0) is 17.8. The van der Waals surface area contributed by atoms with Crippen LogP contribution in [0, 0.1) is 5.82 Å². The Morgan fingerprint density at radius 2 is 2.00 bits per heavy atom. The molecule has 0 unspecified atom stereocenters. The van der Waals surface area contributed by atoms with Crippen molar-refractivity contribution in [2.75, 3.05) is 40.3 Å². The van der Waals surface area contributed by atoms with Crippen molar-refractivity contribution in [1.82, 2.24) is 15.1 Å². The average molecular weight is 349 g/mol. The van der Waals surface area contributed by atoms with Crippen LogP contribution in [0.2, 0.25) is 0 Å². The molecule has 25 heavy (non-hydrogen) atoms. The van der Waals surface area contributed by atoms with Crippen molar-refractivity contribution in [3.8, 4) is 5.75 Å². The highest BCUT2D eigenvalue weighted by atomic mass is 19.1. The number of halogens is 1. The second kappa shape index (κ2) is 8.15. The van der Waals surface area contributed by atoms with Gasteiger partial charge in [0.05, 0.1) is 7.11 Å². The summed E-state index contributed by atoms with van der Waals surface area (Å²) in [6.45, 7) is 4.28. The maximum Gasteiger partial charge on any atom is 0.251 e. The van der Waals surface area contributed by atoms with E-state index in [0.29, 0.717) is 11.6 Å². The van der Waals surface area contributed by atoms with Gasteiger partial charge in [0, 0.05) is 24.2 Å². The number of carbonyl (C=O) groups is 1. The van der Waals surface area contributed by atoms with Gasteiger partial charge in [0.15, 0.2) is 11.6 Å². The molecule has 2 saturated heterocycles. The van der Waals surface area contributed by atoms with E-state index in [1.165, 1.54) is 32.1 Å². The summed E-state index contributed by atoms with van der Waals surface area (Å²) in [5.74, 6) is -0.564. The van der Waals surface area contributed by atoms with Crippen LogP contribution >= 0.6 is 0 Å². The predicted molar refractivity (Wildman–Crippen MR) is 95.5 cm³/mol. The van der Waals surface area contributed by atoms with Crippen LogP contribution in [0.25, 0.3) is 0 Å². The van der Waals surface area contributed by atoms with E-state index in [-0.39, 0.29) is 17.7 Å². The summed E-state index contributed by atoms with van der Waals surface area (Å²) in [5.41, 5.74) is 0.342. The molecule has 1 atom stereocenters. The molecule has 2 fully saturated rings. The Labute approximate surface area is 149 Å². The molecule has 0 spiro atoms. The van der Waals surface area contributed by atoms with Gasteiger partial charge in [0.1, 0.15) is 0 Å². The lowest BCUT2D eigenvalue weighted by atomic mass is 9.98. The summed E-state index contributed by atoms with van der Waals surface area (Å²) in [6, 6.07) is 5.09. The monoisotopic (exact) mass is 349 g/mol. The highest BCUT2D eigenvalue weighted by Crippen LogP contribution is 2.21. The SMILES string of the molecule is COc1ccc(C(=O)N[C@@H]2CCCN(C3CCN(C)CC3)C2)cc1F. The van der Waals surface area contributed by atoms with Crippen LogP contribution in [0.15, 0.2) is 18.2 Å². The highest BCUT2D eigenvalue weighted by molar-refractivity contribution is 5.94. The molecular formula is C19H28FN3O2. The van der Waals surface area contributed by atoms with Crippen LogP contribution in [0.5, 0.6) is 5.75 Å². The highest BCUT2D eigenvalue weighted by Gasteiger charge is 2.28. The van der Waals surface area contributed by atoms with E-state index >= 15 is 0 Å². The van der Waals surface area contributed by atoms with Crippen molar-refractivity contribution >= 4 is 5.91 Å². The van der Waals surface area contributed by atoms with E-state index in [2.05, 4.69) is 22.2 Å². The molecule has 1 amide bonds. The number of nitrogens with zero attached hydrogens (tertiary/aromatic N) is 2. The first kappa shape index (κ1) is 18.1. The quantitative estimate of drug-likeness (QED) is 0.904. The van der Waals surface area contributed by atoms with Gasteiger partial charge >= 0.3 is 0 Å². The molecule has 2 aliphatic heterocycles. The van der Waals surface area contributed by atoms with Crippen LogP contribution < -0.4 is 10.1 Å². The molecule has 1 aromatic rings. The maximum absolute atomic E-state index is 13.8. The molecule has 2 aliphatic rings. The molecule has 0 aliphatic carbocycles. The fraction of sp³-hybridized carbons (Fsp3) is 0.632. The largest absolute Gasteiger partial charge is 0.494 e. The van der Waals surface area contributed by atoms with Crippen molar-refractivity contribution in [2.24, 2.45) is 0 Å². The molecule has 0 radical (unpaired) electrons. The minimum atomic E-state index is -0.508. The Bertz CT molecular complexity index is 602. The van der Waals surface area contributed by atoms with E-state index < -0.39 is 5.82 Å². The third kappa shape index (κ3) is 4.50. The Hall–Kier alpha value is -1.66. The second-order valence-corrected chi connectivity index (χ2v) is 7.19. The smallest absolute Gasteiger partial charge is 0.251 e. The summed E-state index contributed by atoms with van der Waals surface area (Å²) < 4.78 is 18.7. The van der Waals surface area contributed by atoms with Crippen molar-refractivity contribution in [3.05, 3.63) is 29.6 Å². The number of methoxy groups -OCH3 is 1. The molecule has 6 heteroatoms. The minimum absolute atomic E-state index is 0.131. The summed E-state index contributed by atoms with van der Waals surface area (Å²) in [6.07, 6.45) is 4.46. The van der Waals surface area contributed by atoms with E-state index in [9.17, 15) is 9.18 Å². The van der Waals surface area contributed by atoms with Gasteiger partial charge in [-0.1, -0.05) is 0 Å². The normalized spacial score (nSPS) is 23.4. The fourth-order valence-corrected chi connectivity index (χ4v) is 3.89. The van der Waals surface area contributed by atoms with E-state index in [1.54, 1.807) is 6.07 Å². The summed E-state index contributed by atoms with van der Waals surface area (Å²) in [4.78, 5) is 17.3. The van der Waals surface area contributed by atoms with Gasteiger partial charge in [-0.2, -0.15) is 0 Å². The third-order valence-electron chi connectivity index (χ3n) is 5.41. The molecular weight excluding hydrogens is 321 g/mol. The lowest BCUT2D eigenvalue weighted by molar-refractivity contribution is 0.0765. The van der Waals surface area contributed by atoms with Crippen LogP contribution in [0.4, 0.5) is 4.39 Å². The summed E-state index contributed by atoms with van der Waals surface area (Å²) in [7, 11) is 3.58. The van der Waals surface area contributed by atoms with Crippen LogP contribution in [0.3, 0.4) is 0 Å². The van der Waals surface area contributed by atoms with Crippen molar-refractivity contribution < 1.29 is 13.9 Å². The average Bonchev–Trinajstić information content (AvgIpc) is 2.62.